The van der Waals surface area contributed by atoms with Crippen LogP contribution in [0.25, 0.3) is 6.08 Å². The Morgan fingerprint density at radius 3 is 2.77 bits per heavy atom. The molecular formula is C25H19BrN4O3S2. The summed E-state index contributed by atoms with van der Waals surface area (Å²) in [5, 5.41) is 17.6. The van der Waals surface area contributed by atoms with Gasteiger partial charge in [0.2, 0.25) is 5.17 Å². The second-order valence-corrected chi connectivity index (χ2v) is 10.4. The molecule has 1 aromatic heterocycles. The molecule has 2 aliphatic rings. The highest BCUT2D eigenvalue weighted by Crippen LogP contribution is 2.39. The third-order valence-corrected chi connectivity index (χ3v) is 7.92. The predicted octanol–water partition coefficient (Wildman–Crippen LogP) is 6.07. The van der Waals surface area contributed by atoms with Crippen molar-refractivity contribution in [3.05, 3.63) is 85.5 Å². The van der Waals surface area contributed by atoms with Crippen LogP contribution in [-0.4, -0.2) is 34.1 Å². The van der Waals surface area contributed by atoms with E-state index in [1.54, 1.807) is 30.6 Å². The summed E-state index contributed by atoms with van der Waals surface area (Å²) < 4.78 is 12.3. The fourth-order valence-corrected chi connectivity index (χ4v) is 5.80. The third-order valence-electron chi connectivity index (χ3n) is 5.38. The van der Waals surface area contributed by atoms with E-state index < -0.39 is 5.91 Å². The lowest BCUT2D eigenvalue weighted by atomic mass is 10.1. The number of benzene rings is 2. The zero-order valence-corrected chi connectivity index (χ0v) is 22.0. The van der Waals surface area contributed by atoms with Crippen LogP contribution in [0.15, 0.2) is 74.1 Å². The summed E-state index contributed by atoms with van der Waals surface area (Å²) in [6.07, 6.45) is 1.62. The molecule has 0 unspecified atom stereocenters. The minimum absolute atomic E-state index is 0.0194. The first-order valence-corrected chi connectivity index (χ1v) is 13.0. The molecule has 0 bridgehead atoms. The third kappa shape index (κ3) is 4.69. The molecule has 2 aromatic carbocycles. The van der Waals surface area contributed by atoms with Crippen molar-refractivity contribution in [1.29, 1.82) is 5.41 Å². The maximum atomic E-state index is 12.8. The Morgan fingerprint density at radius 1 is 1.20 bits per heavy atom. The molecule has 35 heavy (non-hydrogen) atoms. The van der Waals surface area contributed by atoms with Crippen molar-refractivity contribution >= 4 is 67.1 Å². The van der Waals surface area contributed by atoms with Gasteiger partial charge in [-0.2, -0.15) is 15.1 Å². The zero-order chi connectivity index (χ0) is 24.5. The number of fused-ring (bicyclic) bond motifs is 1. The standard InChI is InChI=1S/C25H19BrN4O3S2/c1-14-6-3-4-7-16(14)13-33-21-18(26)11-15(12-19(21)32-2)10-17-22(27)30-25(28-23(17)31)35-24(29-30)20-8-5-9-34-20/h3-12,27H,13H2,1-2H3/b17-10-,27-22?. The van der Waals surface area contributed by atoms with Gasteiger partial charge >= 0.3 is 0 Å². The molecule has 0 atom stereocenters. The molecule has 3 aromatic rings. The number of nitrogens with one attached hydrogen (secondary N) is 1. The number of rotatable bonds is 6. The number of halogens is 1. The molecular weight excluding hydrogens is 548 g/mol. The molecule has 0 spiro atoms. The molecule has 0 aliphatic carbocycles. The number of aryl methyl sites for hydroxylation is 1. The zero-order valence-electron chi connectivity index (χ0n) is 18.7. The van der Waals surface area contributed by atoms with Crippen LogP contribution in [0, 0.1) is 12.3 Å². The first-order valence-electron chi connectivity index (χ1n) is 10.5. The number of amidine groups is 2. The maximum absolute atomic E-state index is 12.8. The number of hydrogen-bond acceptors (Lipinski definition) is 7. The molecule has 0 radical (unpaired) electrons. The number of hydrazone groups is 1. The van der Waals surface area contributed by atoms with Crippen LogP contribution in [0.4, 0.5) is 0 Å². The SMILES string of the molecule is COc1cc(/C=C2/C(=N)N3N=C(c4cccs4)SC3=NC2=O)cc(Br)c1OCc1ccccc1C. The van der Waals surface area contributed by atoms with Gasteiger partial charge in [0.05, 0.1) is 22.0 Å². The molecule has 1 N–H and O–H groups in total. The van der Waals surface area contributed by atoms with Crippen LogP contribution < -0.4 is 9.47 Å². The molecule has 3 heterocycles. The summed E-state index contributed by atoms with van der Waals surface area (Å²) in [6, 6.07) is 15.5. The van der Waals surface area contributed by atoms with E-state index in [1.165, 1.54) is 16.8 Å². The lowest BCUT2D eigenvalue weighted by molar-refractivity contribution is -0.114. The van der Waals surface area contributed by atoms with Crippen molar-refractivity contribution in [2.24, 2.45) is 10.1 Å². The summed E-state index contributed by atoms with van der Waals surface area (Å²) in [7, 11) is 1.56. The van der Waals surface area contributed by atoms with Gasteiger partial charge in [-0.25, -0.2) is 0 Å². The topological polar surface area (TPSA) is 87.3 Å². The summed E-state index contributed by atoms with van der Waals surface area (Å²) in [4.78, 5) is 17.9. The van der Waals surface area contributed by atoms with Gasteiger partial charge in [0.1, 0.15) is 11.7 Å². The Balaban J connectivity index is 1.42. The van der Waals surface area contributed by atoms with E-state index in [4.69, 9.17) is 14.9 Å². The second-order valence-electron chi connectivity index (χ2n) is 7.65. The Kier molecular flexibility index (Phi) is 6.59. The highest BCUT2D eigenvalue weighted by molar-refractivity contribution is 9.10. The molecule has 5 rings (SSSR count). The Labute approximate surface area is 218 Å². The van der Waals surface area contributed by atoms with Crippen LogP contribution in [0.1, 0.15) is 21.6 Å². The van der Waals surface area contributed by atoms with Gasteiger partial charge in [-0.3, -0.25) is 10.2 Å². The Hall–Kier alpha value is -3.21. The van der Waals surface area contributed by atoms with Gasteiger partial charge in [-0.15, -0.1) is 11.3 Å². The van der Waals surface area contributed by atoms with Crippen molar-refractivity contribution in [3.8, 4) is 11.5 Å². The van der Waals surface area contributed by atoms with Crippen LogP contribution >= 0.6 is 39.0 Å². The summed E-state index contributed by atoms with van der Waals surface area (Å²) >= 11 is 6.40. The number of thioether (sulfide) groups is 1. The summed E-state index contributed by atoms with van der Waals surface area (Å²) in [5.41, 5.74) is 3.03. The van der Waals surface area contributed by atoms with Crippen LogP contribution in [0.3, 0.4) is 0 Å². The highest BCUT2D eigenvalue weighted by atomic mass is 79.9. The van der Waals surface area contributed by atoms with E-state index in [-0.39, 0.29) is 11.4 Å². The number of hydrogen-bond donors (Lipinski definition) is 1. The van der Waals surface area contributed by atoms with Gasteiger partial charge < -0.3 is 9.47 Å². The van der Waals surface area contributed by atoms with Crippen LogP contribution in [-0.2, 0) is 11.4 Å². The van der Waals surface area contributed by atoms with Gasteiger partial charge in [0.25, 0.3) is 5.91 Å². The molecule has 0 fully saturated rings. The average Bonchev–Trinajstić information content (AvgIpc) is 3.52. The quantitative estimate of drug-likeness (QED) is 0.365. The number of ether oxygens (including phenoxy) is 2. The van der Waals surface area contributed by atoms with Crippen molar-refractivity contribution < 1.29 is 14.3 Å². The minimum Gasteiger partial charge on any atom is -0.493 e. The van der Waals surface area contributed by atoms with E-state index in [1.807, 2.05) is 54.8 Å². The fourth-order valence-electron chi connectivity index (χ4n) is 3.54. The van der Waals surface area contributed by atoms with Crippen molar-refractivity contribution in [2.75, 3.05) is 7.11 Å². The molecule has 0 saturated heterocycles. The maximum Gasteiger partial charge on any atom is 0.283 e. The monoisotopic (exact) mass is 566 g/mol. The summed E-state index contributed by atoms with van der Waals surface area (Å²) in [5.74, 6) is 0.568. The average molecular weight is 567 g/mol. The van der Waals surface area contributed by atoms with E-state index in [0.29, 0.717) is 33.3 Å². The number of carbonyl (C=O) groups excluding carboxylic acids is 1. The minimum atomic E-state index is -0.480. The molecule has 7 nitrogen and oxygen atoms in total. The smallest absolute Gasteiger partial charge is 0.283 e. The predicted molar refractivity (Wildman–Crippen MR) is 145 cm³/mol. The van der Waals surface area contributed by atoms with Gasteiger partial charge in [-0.05, 0) is 81.0 Å². The van der Waals surface area contributed by atoms with Crippen molar-refractivity contribution in [2.45, 2.75) is 13.5 Å². The van der Waals surface area contributed by atoms with Gasteiger partial charge in [0, 0.05) is 0 Å². The first kappa shape index (κ1) is 23.5. The Morgan fingerprint density at radius 2 is 2.03 bits per heavy atom. The second kappa shape index (κ2) is 9.80. The molecule has 176 valence electrons. The lowest BCUT2D eigenvalue weighted by Crippen LogP contribution is -2.35. The number of thiophene rings is 1. The lowest BCUT2D eigenvalue weighted by Gasteiger charge is -2.20. The van der Waals surface area contributed by atoms with Gasteiger partial charge in [-0.1, -0.05) is 30.3 Å². The molecule has 2 aliphatic heterocycles. The number of amides is 1. The van der Waals surface area contributed by atoms with E-state index in [2.05, 4.69) is 26.0 Å². The van der Waals surface area contributed by atoms with E-state index in [0.717, 1.165) is 21.0 Å². The van der Waals surface area contributed by atoms with Crippen LogP contribution in [0.2, 0.25) is 0 Å². The summed E-state index contributed by atoms with van der Waals surface area (Å²) in [6.45, 7) is 2.43. The van der Waals surface area contributed by atoms with E-state index >= 15 is 0 Å². The van der Waals surface area contributed by atoms with Crippen molar-refractivity contribution in [1.82, 2.24) is 5.01 Å². The normalized spacial score (nSPS) is 16.3. The highest BCUT2D eigenvalue weighted by Gasteiger charge is 2.36. The van der Waals surface area contributed by atoms with E-state index in [9.17, 15) is 4.79 Å². The largest absolute Gasteiger partial charge is 0.493 e. The van der Waals surface area contributed by atoms with Gasteiger partial charge in [0.15, 0.2) is 17.3 Å². The number of aliphatic imine (C=N–C) groups is 1. The first-order chi connectivity index (χ1) is 16.9. The Bertz CT molecular complexity index is 1430. The molecule has 1 amide bonds. The molecule has 0 saturated carbocycles. The van der Waals surface area contributed by atoms with Crippen molar-refractivity contribution in [3.63, 3.8) is 0 Å². The number of nitrogens with zero attached hydrogens (tertiary/aromatic N) is 3. The fraction of sp³-hybridized carbons (Fsp3) is 0.120. The van der Waals surface area contributed by atoms with Crippen LogP contribution in [0.5, 0.6) is 11.5 Å². The number of carbonyl (C=O) groups is 1. The number of methoxy groups -OCH3 is 1. The molecule has 10 heteroatoms.